The van der Waals surface area contributed by atoms with Crippen molar-refractivity contribution in [2.24, 2.45) is 5.41 Å². The molecule has 2 N–H and O–H groups in total. The molecule has 0 aliphatic rings. The molecule has 114 valence electrons. The molecule has 0 heterocycles. The van der Waals surface area contributed by atoms with E-state index in [0.29, 0.717) is 6.61 Å². The maximum Gasteiger partial charge on any atom is 0.119 e. The van der Waals surface area contributed by atoms with E-state index in [-0.39, 0.29) is 18.1 Å². The van der Waals surface area contributed by atoms with Crippen LogP contribution in [0.5, 0.6) is 5.75 Å². The average molecular weight is 279 g/mol. The predicted octanol–water partition coefficient (Wildman–Crippen LogP) is 3.15. The smallest absolute Gasteiger partial charge is 0.119 e. The highest BCUT2D eigenvalue weighted by Gasteiger charge is 2.25. The lowest BCUT2D eigenvalue weighted by Gasteiger charge is -2.31. The Bertz CT molecular complexity index is 363. The molecule has 0 spiro atoms. The van der Waals surface area contributed by atoms with E-state index >= 15 is 0 Å². The minimum absolute atomic E-state index is 0.00187. The van der Waals surface area contributed by atoms with Crippen LogP contribution in [0.4, 0.5) is 0 Å². The molecular formula is C17H29NO2. The van der Waals surface area contributed by atoms with Gasteiger partial charge in [-0.25, -0.2) is 0 Å². The third-order valence-electron chi connectivity index (χ3n) is 4.18. The van der Waals surface area contributed by atoms with Gasteiger partial charge in [0.25, 0.3) is 0 Å². The molecule has 0 aliphatic heterocycles. The summed E-state index contributed by atoms with van der Waals surface area (Å²) in [6, 6.07) is 8.37. The molecule has 20 heavy (non-hydrogen) atoms. The first-order valence-corrected chi connectivity index (χ1v) is 7.59. The van der Waals surface area contributed by atoms with Crippen LogP contribution in [0.1, 0.15) is 39.2 Å². The molecule has 0 saturated heterocycles. The summed E-state index contributed by atoms with van der Waals surface area (Å²) in [5.41, 5.74) is 1.24. The van der Waals surface area contributed by atoms with Gasteiger partial charge in [-0.05, 0) is 38.8 Å². The summed E-state index contributed by atoms with van der Waals surface area (Å²) >= 11 is 0. The van der Waals surface area contributed by atoms with Crippen LogP contribution in [-0.4, -0.2) is 30.9 Å². The van der Waals surface area contributed by atoms with Crippen molar-refractivity contribution >= 4 is 0 Å². The maximum atomic E-state index is 9.55. The minimum Gasteiger partial charge on any atom is -0.492 e. The van der Waals surface area contributed by atoms with Crippen LogP contribution < -0.4 is 10.1 Å². The zero-order valence-electron chi connectivity index (χ0n) is 13.3. The second kappa shape index (κ2) is 8.28. The zero-order valence-corrected chi connectivity index (χ0v) is 13.3. The summed E-state index contributed by atoms with van der Waals surface area (Å²) < 4.78 is 5.76. The number of hydrogen-bond acceptors (Lipinski definition) is 3. The van der Waals surface area contributed by atoms with Crippen LogP contribution in [0.2, 0.25) is 0 Å². The number of rotatable bonds is 9. The van der Waals surface area contributed by atoms with E-state index in [4.69, 9.17) is 4.74 Å². The highest BCUT2D eigenvalue weighted by atomic mass is 16.5. The van der Waals surface area contributed by atoms with Gasteiger partial charge < -0.3 is 15.2 Å². The normalized spacial score (nSPS) is 13.2. The van der Waals surface area contributed by atoms with Gasteiger partial charge in [-0.2, -0.15) is 0 Å². The molecule has 0 aromatic heterocycles. The van der Waals surface area contributed by atoms with Crippen LogP contribution in [0.15, 0.2) is 24.3 Å². The minimum atomic E-state index is -0.00187. The van der Waals surface area contributed by atoms with Gasteiger partial charge in [0.15, 0.2) is 0 Å². The summed E-state index contributed by atoms with van der Waals surface area (Å²) in [4.78, 5) is 0. The van der Waals surface area contributed by atoms with Crippen molar-refractivity contribution in [3.05, 3.63) is 29.8 Å². The first-order chi connectivity index (χ1) is 9.55. The molecular weight excluding hydrogens is 250 g/mol. The number of aliphatic hydroxyl groups excluding tert-OH is 1. The second-order valence-corrected chi connectivity index (χ2v) is 5.77. The van der Waals surface area contributed by atoms with Crippen LogP contribution >= 0.6 is 0 Å². The van der Waals surface area contributed by atoms with Gasteiger partial charge in [0, 0.05) is 24.6 Å². The van der Waals surface area contributed by atoms with Gasteiger partial charge in [-0.1, -0.05) is 31.5 Å². The molecule has 0 radical (unpaired) electrons. The molecule has 3 heteroatoms. The SMILES string of the molecule is CCC(CC)(CO)CNC(C)COc1ccc(C)cc1. The molecule has 0 saturated carbocycles. The third-order valence-corrected chi connectivity index (χ3v) is 4.18. The van der Waals surface area contributed by atoms with Gasteiger partial charge in [-0.3, -0.25) is 0 Å². The molecule has 1 atom stereocenters. The van der Waals surface area contributed by atoms with Gasteiger partial charge in [0.2, 0.25) is 0 Å². The molecule has 1 aromatic carbocycles. The molecule has 3 nitrogen and oxygen atoms in total. The van der Waals surface area contributed by atoms with Crippen molar-refractivity contribution in [1.29, 1.82) is 0 Å². The average Bonchev–Trinajstić information content (AvgIpc) is 2.48. The van der Waals surface area contributed by atoms with Crippen molar-refractivity contribution in [2.45, 2.75) is 46.6 Å². The number of aliphatic hydroxyl groups is 1. The van der Waals surface area contributed by atoms with E-state index in [1.54, 1.807) is 0 Å². The Balaban J connectivity index is 2.36. The van der Waals surface area contributed by atoms with E-state index in [2.05, 4.69) is 45.1 Å². The standard InChI is InChI=1S/C17H29NO2/c1-5-17(6-2,13-19)12-18-15(4)11-20-16-9-7-14(3)8-10-16/h7-10,15,18-19H,5-6,11-13H2,1-4H3. The highest BCUT2D eigenvalue weighted by molar-refractivity contribution is 5.26. The highest BCUT2D eigenvalue weighted by Crippen LogP contribution is 2.24. The Kier molecular flexibility index (Phi) is 7.03. The number of benzene rings is 1. The fourth-order valence-electron chi connectivity index (χ4n) is 2.08. The maximum absolute atomic E-state index is 9.55. The van der Waals surface area contributed by atoms with E-state index in [1.165, 1.54) is 5.56 Å². The molecule has 0 amide bonds. The quantitative estimate of drug-likeness (QED) is 0.729. The zero-order chi connectivity index (χ0) is 15.0. The van der Waals surface area contributed by atoms with Crippen molar-refractivity contribution in [1.82, 2.24) is 5.32 Å². The Morgan fingerprint density at radius 3 is 2.30 bits per heavy atom. The third kappa shape index (κ3) is 5.14. The fraction of sp³-hybridized carbons (Fsp3) is 0.647. The number of aryl methyl sites for hydroxylation is 1. The molecule has 0 aliphatic carbocycles. The Morgan fingerprint density at radius 1 is 1.20 bits per heavy atom. The number of hydrogen-bond donors (Lipinski definition) is 2. The lowest BCUT2D eigenvalue weighted by Crippen LogP contribution is -2.42. The Hall–Kier alpha value is -1.06. The summed E-state index contributed by atoms with van der Waals surface area (Å²) in [5.74, 6) is 0.906. The van der Waals surface area contributed by atoms with Crippen molar-refractivity contribution < 1.29 is 9.84 Å². The van der Waals surface area contributed by atoms with E-state index < -0.39 is 0 Å². The lowest BCUT2D eigenvalue weighted by molar-refractivity contribution is 0.107. The molecule has 0 fully saturated rings. The van der Waals surface area contributed by atoms with Crippen molar-refractivity contribution in [3.8, 4) is 5.75 Å². The van der Waals surface area contributed by atoms with Gasteiger partial charge >= 0.3 is 0 Å². The van der Waals surface area contributed by atoms with Gasteiger partial charge in [0.1, 0.15) is 12.4 Å². The molecule has 1 aromatic rings. The van der Waals surface area contributed by atoms with Crippen LogP contribution in [-0.2, 0) is 0 Å². The molecule has 1 rings (SSSR count). The van der Waals surface area contributed by atoms with Crippen molar-refractivity contribution in [2.75, 3.05) is 19.8 Å². The Labute approximate surface area is 123 Å². The summed E-state index contributed by atoms with van der Waals surface area (Å²) in [5, 5.41) is 13.0. The van der Waals surface area contributed by atoms with E-state index in [0.717, 1.165) is 25.1 Å². The van der Waals surface area contributed by atoms with Crippen molar-refractivity contribution in [3.63, 3.8) is 0 Å². The summed E-state index contributed by atoms with van der Waals surface area (Å²) in [6.07, 6.45) is 1.97. The Morgan fingerprint density at radius 2 is 1.80 bits per heavy atom. The summed E-state index contributed by atoms with van der Waals surface area (Å²) in [7, 11) is 0. The molecule has 0 bridgehead atoms. The van der Waals surface area contributed by atoms with Crippen LogP contribution in [0, 0.1) is 12.3 Å². The lowest BCUT2D eigenvalue weighted by atomic mass is 9.83. The van der Waals surface area contributed by atoms with Crippen LogP contribution in [0.25, 0.3) is 0 Å². The number of nitrogens with one attached hydrogen (secondary N) is 1. The first kappa shape index (κ1) is 17.0. The number of ether oxygens (including phenoxy) is 1. The van der Waals surface area contributed by atoms with Crippen LogP contribution in [0.3, 0.4) is 0 Å². The van der Waals surface area contributed by atoms with Gasteiger partial charge in [0.05, 0.1) is 0 Å². The monoisotopic (exact) mass is 279 g/mol. The largest absolute Gasteiger partial charge is 0.492 e. The first-order valence-electron chi connectivity index (χ1n) is 7.59. The fourth-order valence-corrected chi connectivity index (χ4v) is 2.08. The van der Waals surface area contributed by atoms with Gasteiger partial charge in [-0.15, -0.1) is 0 Å². The predicted molar refractivity (Wildman–Crippen MR) is 84.2 cm³/mol. The van der Waals surface area contributed by atoms with E-state index in [1.807, 2.05) is 12.1 Å². The topological polar surface area (TPSA) is 41.5 Å². The van der Waals surface area contributed by atoms with E-state index in [9.17, 15) is 5.11 Å². The summed E-state index contributed by atoms with van der Waals surface area (Å²) in [6.45, 7) is 10.1. The second-order valence-electron chi connectivity index (χ2n) is 5.77. The molecule has 1 unspecified atom stereocenters.